The van der Waals surface area contributed by atoms with E-state index in [4.69, 9.17) is 4.74 Å². The van der Waals surface area contributed by atoms with Crippen molar-refractivity contribution < 1.29 is 14.6 Å². The SMILES string of the molecule is Cc1sc(N2CCN3[C@@H](COC[C@@H]3c3ccccc3)C2)nc1C(=O)O. The van der Waals surface area contributed by atoms with Gasteiger partial charge in [0, 0.05) is 24.5 Å². The highest BCUT2D eigenvalue weighted by Gasteiger charge is 2.37. The molecule has 2 fully saturated rings. The molecule has 1 N–H and O–H groups in total. The van der Waals surface area contributed by atoms with Crippen molar-refractivity contribution in [3.05, 3.63) is 46.5 Å². The molecule has 0 amide bonds. The Morgan fingerprint density at radius 3 is 2.80 bits per heavy atom. The third-order valence-corrected chi connectivity index (χ3v) is 5.99. The Morgan fingerprint density at radius 1 is 1.28 bits per heavy atom. The number of ether oxygens (including phenoxy) is 1. The summed E-state index contributed by atoms with van der Waals surface area (Å²) in [7, 11) is 0. The Labute approximate surface area is 150 Å². The molecule has 2 aromatic rings. The number of carboxylic acid groups (broad SMARTS) is 1. The zero-order chi connectivity index (χ0) is 17.4. The van der Waals surface area contributed by atoms with Crippen molar-refractivity contribution in [3.8, 4) is 0 Å². The molecule has 7 heteroatoms. The number of rotatable bonds is 3. The highest BCUT2D eigenvalue weighted by molar-refractivity contribution is 7.15. The third-order valence-electron chi connectivity index (χ3n) is 4.96. The normalized spacial score (nSPS) is 24.1. The number of thiazole rings is 1. The molecule has 2 atom stereocenters. The van der Waals surface area contributed by atoms with Gasteiger partial charge >= 0.3 is 5.97 Å². The average Bonchev–Trinajstić information content (AvgIpc) is 3.03. The molecule has 0 aliphatic carbocycles. The second-order valence-electron chi connectivity index (χ2n) is 6.51. The van der Waals surface area contributed by atoms with Gasteiger partial charge in [0.25, 0.3) is 0 Å². The second-order valence-corrected chi connectivity index (χ2v) is 7.69. The zero-order valence-corrected chi connectivity index (χ0v) is 14.9. The maximum Gasteiger partial charge on any atom is 0.355 e. The minimum absolute atomic E-state index is 0.171. The lowest BCUT2D eigenvalue weighted by molar-refractivity contribution is -0.0547. The van der Waals surface area contributed by atoms with E-state index in [2.05, 4.69) is 39.0 Å². The number of fused-ring (bicyclic) bond motifs is 1. The van der Waals surface area contributed by atoms with Gasteiger partial charge in [0.2, 0.25) is 0 Å². The molecule has 6 nitrogen and oxygen atoms in total. The van der Waals surface area contributed by atoms with Crippen LogP contribution >= 0.6 is 11.3 Å². The molecule has 0 unspecified atom stereocenters. The van der Waals surface area contributed by atoms with Crippen molar-refractivity contribution in [1.29, 1.82) is 0 Å². The number of aryl methyl sites for hydroxylation is 1. The Balaban J connectivity index is 1.52. The number of morpholine rings is 1. The topological polar surface area (TPSA) is 65.9 Å². The average molecular weight is 359 g/mol. The summed E-state index contributed by atoms with van der Waals surface area (Å²) in [5, 5.41) is 10.0. The van der Waals surface area contributed by atoms with Crippen LogP contribution in [0.25, 0.3) is 0 Å². The second kappa shape index (κ2) is 6.74. The van der Waals surface area contributed by atoms with Crippen LogP contribution < -0.4 is 4.90 Å². The minimum atomic E-state index is -0.955. The molecule has 3 heterocycles. The predicted octanol–water partition coefficient (Wildman–Crippen LogP) is 2.41. The molecule has 1 aromatic carbocycles. The van der Waals surface area contributed by atoms with Crippen LogP contribution in [-0.4, -0.2) is 59.8 Å². The van der Waals surface area contributed by atoms with Crippen LogP contribution in [0.15, 0.2) is 30.3 Å². The van der Waals surface area contributed by atoms with E-state index < -0.39 is 5.97 Å². The highest BCUT2D eigenvalue weighted by atomic mass is 32.1. The third kappa shape index (κ3) is 3.15. The van der Waals surface area contributed by atoms with Crippen molar-refractivity contribution in [1.82, 2.24) is 9.88 Å². The first-order valence-corrected chi connectivity index (χ1v) is 9.29. The molecule has 132 valence electrons. The van der Waals surface area contributed by atoms with Gasteiger partial charge in [0.15, 0.2) is 10.8 Å². The molecule has 0 radical (unpaired) electrons. The first-order chi connectivity index (χ1) is 12.1. The Bertz CT molecular complexity index is 764. The standard InChI is InChI=1S/C18H21N3O3S/c1-12-16(17(22)23)19-18(25-12)20-7-8-21-14(9-20)10-24-11-15(21)13-5-3-2-4-6-13/h2-6,14-15H,7-11H2,1H3,(H,22,23)/t14-,15-/m1/s1. The number of aromatic carboxylic acids is 1. The largest absolute Gasteiger partial charge is 0.476 e. The number of benzene rings is 1. The van der Waals surface area contributed by atoms with E-state index in [0.717, 1.165) is 36.2 Å². The van der Waals surface area contributed by atoms with Crippen LogP contribution in [0.2, 0.25) is 0 Å². The predicted molar refractivity (Wildman–Crippen MR) is 96.5 cm³/mol. The molecule has 2 aliphatic rings. The Hall–Kier alpha value is -1.96. The number of hydrogen-bond donors (Lipinski definition) is 1. The monoisotopic (exact) mass is 359 g/mol. The van der Waals surface area contributed by atoms with E-state index in [9.17, 15) is 9.90 Å². The number of nitrogens with zero attached hydrogens (tertiary/aromatic N) is 3. The van der Waals surface area contributed by atoms with E-state index >= 15 is 0 Å². The molecule has 2 saturated heterocycles. The number of carboxylic acids is 1. The van der Waals surface area contributed by atoms with Crippen LogP contribution in [0.3, 0.4) is 0 Å². The molecule has 25 heavy (non-hydrogen) atoms. The van der Waals surface area contributed by atoms with Gasteiger partial charge in [-0.3, -0.25) is 4.90 Å². The molecule has 2 aliphatic heterocycles. The summed E-state index contributed by atoms with van der Waals surface area (Å²) >= 11 is 1.46. The summed E-state index contributed by atoms with van der Waals surface area (Å²) in [6.45, 7) is 5.84. The zero-order valence-electron chi connectivity index (χ0n) is 14.1. The summed E-state index contributed by atoms with van der Waals surface area (Å²) in [5.41, 5.74) is 1.46. The molecule has 0 spiro atoms. The van der Waals surface area contributed by atoms with E-state index in [1.165, 1.54) is 16.9 Å². The Morgan fingerprint density at radius 2 is 2.08 bits per heavy atom. The van der Waals surface area contributed by atoms with E-state index in [1.54, 1.807) is 0 Å². The fourth-order valence-corrected chi connectivity index (χ4v) is 4.63. The van der Waals surface area contributed by atoms with Gasteiger partial charge in [-0.15, -0.1) is 11.3 Å². The lowest BCUT2D eigenvalue weighted by atomic mass is 10.0. The summed E-state index contributed by atoms with van der Waals surface area (Å²) in [5.74, 6) is -0.955. The van der Waals surface area contributed by atoms with Crippen molar-refractivity contribution in [2.75, 3.05) is 37.7 Å². The van der Waals surface area contributed by atoms with Crippen LogP contribution in [0, 0.1) is 6.92 Å². The first-order valence-electron chi connectivity index (χ1n) is 8.47. The van der Waals surface area contributed by atoms with Gasteiger partial charge in [0.1, 0.15) is 0 Å². The number of hydrogen-bond acceptors (Lipinski definition) is 6. The lowest BCUT2D eigenvalue weighted by Gasteiger charge is -2.48. The summed E-state index contributed by atoms with van der Waals surface area (Å²) in [6.07, 6.45) is 0. The maximum absolute atomic E-state index is 11.2. The first kappa shape index (κ1) is 16.5. The molecule has 1 aromatic heterocycles. The number of carbonyl (C=O) groups is 1. The highest BCUT2D eigenvalue weighted by Crippen LogP contribution is 2.33. The van der Waals surface area contributed by atoms with Gasteiger partial charge in [-0.25, -0.2) is 9.78 Å². The van der Waals surface area contributed by atoms with Crippen molar-refractivity contribution in [2.24, 2.45) is 0 Å². The van der Waals surface area contributed by atoms with Crippen molar-refractivity contribution in [3.63, 3.8) is 0 Å². The maximum atomic E-state index is 11.2. The quantitative estimate of drug-likeness (QED) is 0.908. The van der Waals surface area contributed by atoms with E-state index in [0.29, 0.717) is 12.6 Å². The van der Waals surface area contributed by atoms with Crippen molar-refractivity contribution >= 4 is 22.4 Å². The van der Waals surface area contributed by atoms with Gasteiger partial charge in [-0.05, 0) is 12.5 Å². The van der Waals surface area contributed by atoms with Crippen LogP contribution in [0.1, 0.15) is 27.0 Å². The molecular weight excluding hydrogens is 338 g/mol. The van der Waals surface area contributed by atoms with Crippen LogP contribution in [0.5, 0.6) is 0 Å². The van der Waals surface area contributed by atoms with Crippen molar-refractivity contribution in [2.45, 2.75) is 19.0 Å². The van der Waals surface area contributed by atoms with Gasteiger partial charge in [-0.2, -0.15) is 0 Å². The number of anilines is 1. The molecule has 0 saturated carbocycles. The van der Waals surface area contributed by atoms with E-state index in [1.807, 2.05) is 13.0 Å². The Kier molecular flexibility index (Phi) is 4.45. The summed E-state index contributed by atoms with van der Waals surface area (Å²) < 4.78 is 5.88. The fourth-order valence-electron chi connectivity index (χ4n) is 3.69. The smallest absolute Gasteiger partial charge is 0.355 e. The molecular formula is C18H21N3O3S. The number of piperazine rings is 1. The van der Waals surface area contributed by atoms with Crippen LogP contribution in [0.4, 0.5) is 5.13 Å². The van der Waals surface area contributed by atoms with E-state index in [-0.39, 0.29) is 11.7 Å². The van der Waals surface area contributed by atoms with Gasteiger partial charge < -0.3 is 14.7 Å². The summed E-state index contributed by atoms with van der Waals surface area (Å²) in [6, 6.07) is 11.1. The minimum Gasteiger partial charge on any atom is -0.476 e. The molecule has 0 bridgehead atoms. The number of aromatic nitrogens is 1. The van der Waals surface area contributed by atoms with Gasteiger partial charge in [0.05, 0.1) is 25.3 Å². The summed E-state index contributed by atoms with van der Waals surface area (Å²) in [4.78, 5) is 21.1. The fraction of sp³-hybridized carbons (Fsp3) is 0.444. The lowest BCUT2D eigenvalue weighted by Crippen LogP contribution is -2.59. The molecule has 4 rings (SSSR count). The van der Waals surface area contributed by atoms with Crippen LogP contribution in [-0.2, 0) is 4.74 Å². The van der Waals surface area contributed by atoms with Gasteiger partial charge in [-0.1, -0.05) is 30.3 Å².